The fourth-order valence-electron chi connectivity index (χ4n) is 5.27. The van der Waals surface area contributed by atoms with E-state index in [1.807, 2.05) is 18.3 Å². The van der Waals surface area contributed by atoms with E-state index < -0.39 is 12.1 Å². The molecule has 0 unspecified atom stereocenters. The number of carbonyl (C=O) groups is 2. The Morgan fingerprint density at radius 2 is 1.83 bits per heavy atom. The number of methoxy groups -OCH3 is 1. The fraction of sp³-hybridized carbons (Fsp3) is 0.370. The second kappa shape index (κ2) is 11.3. The van der Waals surface area contributed by atoms with Crippen LogP contribution >= 0.6 is 0 Å². The molecule has 1 aliphatic carbocycles. The summed E-state index contributed by atoms with van der Waals surface area (Å²) in [5.74, 6) is 1.14. The van der Waals surface area contributed by atoms with Crippen LogP contribution in [0.1, 0.15) is 28.8 Å². The lowest BCUT2D eigenvalue weighted by molar-refractivity contribution is -0.122. The molecule has 1 saturated carbocycles. The molecule has 184 valence electrons. The molecule has 1 saturated heterocycles. The molecule has 2 aliphatic rings. The summed E-state index contributed by atoms with van der Waals surface area (Å²) < 4.78 is 10.9. The maximum atomic E-state index is 11.8. The van der Waals surface area contributed by atoms with Crippen LogP contribution in [-0.2, 0) is 16.1 Å². The van der Waals surface area contributed by atoms with Crippen LogP contribution in [0.4, 0.5) is 0 Å². The molecular formula is C27H30N2O6. The highest BCUT2D eigenvalue weighted by molar-refractivity contribution is 5.89. The van der Waals surface area contributed by atoms with Crippen molar-refractivity contribution in [2.75, 3.05) is 20.2 Å². The lowest BCUT2D eigenvalue weighted by Crippen LogP contribution is -2.42. The smallest absolute Gasteiger partial charge is 0.337 e. The number of esters is 1. The summed E-state index contributed by atoms with van der Waals surface area (Å²) in [6.45, 7) is 2.59. The molecule has 0 amide bonds. The number of benzene rings is 2. The fourth-order valence-corrected chi connectivity index (χ4v) is 5.27. The van der Waals surface area contributed by atoms with E-state index in [2.05, 4.69) is 34.1 Å². The van der Waals surface area contributed by atoms with Crippen LogP contribution in [0.25, 0.3) is 10.9 Å². The van der Waals surface area contributed by atoms with E-state index >= 15 is 0 Å². The Labute approximate surface area is 204 Å². The molecule has 35 heavy (non-hydrogen) atoms. The van der Waals surface area contributed by atoms with Crippen LogP contribution < -0.4 is 4.74 Å². The zero-order valence-electron chi connectivity index (χ0n) is 19.6. The molecule has 3 aromatic rings. The minimum absolute atomic E-state index is 0.250. The SMILES string of the molecule is COC(=O)c1cccc(O[C@@H]2C[C@@H]3CN(Cc4cccc5cccnc45)C[C@@H]3C[C@H]2O)c1.O=CO. The lowest BCUT2D eigenvalue weighted by atomic mass is 9.78. The number of para-hydroxylation sites is 1. The van der Waals surface area contributed by atoms with Crippen LogP contribution in [-0.4, -0.2) is 64.9 Å². The van der Waals surface area contributed by atoms with E-state index in [9.17, 15) is 9.90 Å². The first kappa shape index (κ1) is 24.6. The van der Waals surface area contributed by atoms with Gasteiger partial charge in [-0.05, 0) is 54.5 Å². The van der Waals surface area contributed by atoms with Crippen molar-refractivity contribution in [1.82, 2.24) is 9.88 Å². The first-order valence-corrected chi connectivity index (χ1v) is 11.7. The molecule has 2 N–H and O–H groups in total. The van der Waals surface area contributed by atoms with E-state index in [0.29, 0.717) is 23.1 Å². The number of carboxylic acid groups (broad SMARTS) is 1. The summed E-state index contributed by atoms with van der Waals surface area (Å²) in [4.78, 5) is 27.2. The van der Waals surface area contributed by atoms with Crippen LogP contribution in [0, 0.1) is 11.8 Å². The molecule has 8 nitrogen and oxygen atoms in total. The quantitative estimate of drug-likeness (QED) is 0.424. The average molecular weight is 479 g/mol. The van der Waals surface area contributed by atoms with Crippen molar-refractivity contribution < 1.29 is 29.3 Å². The van der Waals surface area contributed by atoms with Gasteiger partial charge in [0.2, 0.25) is 0 Å². The Morgan fingerprint density at radius 1 is 1.11 bits per heavy atom. The lowest BCUT2D eigenvalue weighted by Gasteiger charge is -2.35. The van der Waals surface area contributed by atoms with E-state index in [4.69, 9.17) is 19.4 Å². The predicted octanol–water partition coefficient (Wildman–Crippen LogP) is 3.37. The van der Waals surface area contributed by atoms with Gasteiger partial charge in [0.25, 0.3) is 6.47 Å². The molecule has 0 bridgehead atoms. The van der Waals surface area contributed by atoms with Gasteiger partial charge in [-0.3, -0.25) is 14.7 Å². The van der Waals surface area contributed by atoms with E-state index in [0.717, 1.165) is 38.0 Å². The normalized spacial score (nSPS) is 23.6. The molecule has 2 fully saturated rings. The second-order valence-corrected chi connectivity index (χ2v) is 9.03. The monoisotopic (exact) mass is 478 g/mol. The number of pyridine rings is 1. The maximum Gasteiger partial charge on any atom is 0.337 e. The van der Waals surface area contributed by atoms with Crippen LogP contribution in [0.15, 0.2) is 60.8 Å². The van der Waals surface area contributed by atoms with Gasteiger partial charge in [0.1, 0.15) is 11.9 Å². The highest BCUT2D eigenvalue weighted by Gasteiger charge is 2.42. The van der Waals surface area contributed by atoms with Crippen molar-refractivity contribution in [3.63, 3.8) is 0 Å². The van der Waals surface area contributed by atoms with Gasteiger partial charge in [-0.15, -0.1) is 0 Å². The number of aliphatic hydroxyl groups excluding tert-OH is 1. The summed E-state index contributed by atoms with van der Waals surface area (Å²) in [7, 11) is 1.36. The minimum Gasteiger partial charge on any atom is -0.488 e. The largest absolute Gasteiger partial charge is 0.488 e. The number of aromatic nitrogens is 1. The Hall–Kier alpha value is -3.49. The van der Waals surface area contributed by atoms with Gasteiger partial charge in [-0.1, -0.05) is 30.3 Å². The number of likely N-dealkylation sites (tertiary alicyclic amines) is 1. The Morgan fingerprint density at radius 3 is 2.60 bits per heavy atom. The second-order valence-electron chi connectivity index (χ2n) is 9.03. The van der Waals surface area contributed by atoms with Crippen molar-refractivity contribution in [3.8, 4) is 5.75 Å². The number of rotatable bonds is 5. The first-order chi connectivity index (χ1) is 17.0. The minimum atomic E-state index is -0.516. The first-order valence-electron chi connectivity index (χ1n) is 11.7. The van der Waals surface area contributed by atoms with Gasteiger partial charge in [-0.2, -0.15) is 0 Å². The molecule has 0 radical (unpaired) electrons. The number of nitrogens with zero attached hydrogens (tertiary/aromatic N) is 2. The maximum absolute atomic E-state index is 11.8. The third-order valence-corrected chi connectivity index (χ3v) is 6.81. The van der Waals surface area contributed by atoms with Gasteiger partial charge >= 0.3 is 5.97 Å². The summed E-state index contributed by atoms with van der Waals surface area (Å²) >= 11 is 0. The Kier molecular flexibility index (Phi) is 7.94. The van der Waals surface area contributed by atoms with Gasteiger partial charge in [0.05, 0.1) is 24.3 Å². The average Bonchev–Trinajstić information content (AvgIpc) is 3.25. The third-order valence-electron chi connectivity index (χ3n) is 6.81. The molecule has 1 aliphatic heterocycles. The summed E-state index contributed by atoms with van der Waals surface area (Å²) in [5, 5.41) is 18.8. The van der Waals surface area contributed by atoms with E-state index in [1.165, 1.54) is 18.1 Å². The summed E-state index contributed by atoms with van der Waals surface area (Å²) in [6.07, 6.45) is 2.60. The standard InChI is InChI=1S/C26H28N2O4.CH2O2/c1-31-26(30)18-6-3-9-22(11-18)32-24-13-21-16-28(15-20(21)12-23(24)29)14-19-7-2-5-17-8-4-10-27-25(17)19;2-1-3/h2-11,20-21,23-24,29H,12-16H2,1H3;1H,(H,2,3)/t20-,21+,23+,24+;/m0./s1. The summed E-state index contributed by atoms with van der Waals surface area (Å²) in [5.41, 5.74) is 2.76. The Bertz CT molecular complexity index is 1160. The zero-order chi connectivity index (χ0) is 24.8. The van der Waals surface area contributed by atoms with E-state index in [1.54, 1.807) is 18.2 Å². The molecule has 4 atom stereocenters. The topological polar surface area (TPSA) is 109 Å². The van der Waals surface area contributed by atoms with Crippen molar-refractivity contribution in [1.29, 1.82) is 0 Å². The molecule has 1 aromatic heterocycles. The molecule has 8 heteroatoms. The van der Waals surface area contributed by atoms with Gasteiger partial charge in [0, 0.05) is 31.2 Å². The Balaban J connectivity index is 0.000000917. The highest BCUT2D eigenvalue weighted by Crippen LogP contribution is 2.39. The number of ether oxygens (including phenoxy) is 2. The highest BCUT2D eigenvalue weighted by atomic mass is 16.5. The van der Waals surface area contributed by atoms with Gasteiger partial charge in [-0.25, -0.2) is 4.79 Å². The number of hydrogen-bond acceptors (Lipinski definition) is 7. The van der Waals surface area contributed by atoms with Crippen molar-refractivity contribution >= 4 is 23.3 Å². The van der Waals surface area contributed by atoms with Crippen molar-refractivity contribution in [2.45, 2.75) is 31.6 Å². The number of hydrogen-bond donors (Lipinski definition) is 2. The molecule has 2 heterocycles. The third kappa shape index (κ3) is 5.78. The van der Waals surface area contributed by atoms with Crippen LogP contribution in [0.3, 0.4) is 0 Å². The van der Waals surface area contributed by atoms with Crippen LogP contribution in [0.2, 0.25) is 0 Å². The van der Waals surface area contributed by atoms with Gasteiger partial charge < -0.3 is 19.7 Å². The number of fused-ring (bicyclic) bond motifs is 2. The predicted molar refractivity (Wildman–Crippen MR) is 130 cm³/mol. The molecule has 5 rings (SSSR count). The number of carbonyl (C=O) groups excluding carboxylic acids is 1. The zero-order valence-corrected chi connectivity index (χ0v) is 19.6. The number of aliphatic hydroxyl groups is 1. The van der Waals surface area contributed by atoms with Crippen molar-refractivity contribution in [2.24, 2.45) is 11.8 Å². The van der Waals surface area contributed by atoms with E-state index in [-0.39, 0.29) is 12.6 Å². The van der Waals surface area contributed by atoms with Gasteiger partial charge in [0.15, 0.2) is 0 Å². The summed E-state index contributed by atoms with van der Waals surface area (Å²) in [6, 6.07) is 17.4. The molecular weight excluding hydrogens is 448 g/mol. The van der Waals surface area contributed by atoms with Crippen LogP contribution in [0.5, 0.6) is 5.75 Å². The molecule has 2 aromatic carbocycles. The van der Waals surface area contributed by atoms with Crippen molar-refractivity contribution in [3.05, 3.63) is 71.9 Å². The molecule has 0 spiro atoms.